The molecule has 0 N–H and O–H groups in total. The summed E-state index contributed by atoms with van der Waals surface area (Å²) in [7, 11) is 1.57. The van der Waals surface area contributed by atoms with Crippen LogP contribution in [0, 0.1) is 10.1 Å². The van der Waals surface area contributed by atoms with E-state index >= 15 is 0 Å². The molecule has 9 nitrogen and oxygen atoms in total. The van der Waals surface area contributed by atoms with Crippen molar-refractivity contribution >= 4 is 23.4 Å². The predicted molar refractivity (Wildman–Crippen MR) is 80.5 cm³/mol. The molecule has 24 heavy (non-hydrogen) atoms. The van der Waals surface area contributed by atoms with Gasteiger partial charge in [0.2, 0.25) is 5.91 Å². The molecule has 9 heteroatoms. The number of fused-ring (bicyclic) bond motifs is 1. The van der Waals surface area contributed by atoms with Gasteiger partial charge in [0.15, 0.2) is 0 Å². The lowest BCUT2D eigenvalue weighted by molar-refractivity contribution is -0.384. The average molecular weight is 333 g/mol. The van der Waals surface area contributed by atoms with Gasteiger partial charge in [0.25, 0.3) is 17.5 Å². The third-order valence-corrected chi connectivity index (χ3v) is 4.29. The van der Waals surface area contributed by atoms with Gasteiger partial charge in [-0.3, -0.25) is 29.4 Å². The second-order valence-electron chi connectivity index (χ2n) is 5.67. The number of carbonyl (C=O) groups excluding carboxylic acids is 3. The topological polar surface area (TPSA) is 110 Å². The van der Waals surface area contributed by atoms with Gasteiger partial charge >= 0.3 is 0 Å². The first-order valence-electron chi connectivity index (χ1n) is 7.37. The maximum Gasteiger partial charge on any atom is 0.270 e. The maximum atomic E-state index is 12.3. The maximum absolute atomic E-state index is 12.3. The Kier molecular flexibility index (Phi) is 4.02. The number of methoxy groups -OCH3 is 1. The molecule has 1 aromatic carbocycles. The van der Waals surface area contributed by atoms with Crippen molar-refractivity contribution in [2.75, 3.05) is 26.7 Å². The lowest BCUT2D eigenvalue weighted by Crippen LogP contribution is -2.42. The van der Waals surface area contributed by atoms with Crippen molar-refractivity contribution in [3.8, 4) is 0 Å². The number of rotatable bonds is 4. The Morgan fingerprint density at radius 3 is 2.67 bits per heavy atom. The first-order valence-corrected chi connectivity index (χ1v) is 7.37. The number of nitro groups is 1. The van der Waals surface area contributed by atoms with E-state index in [1.807, 2.05) is 0 Å². The first-order chi connectivity index (χ1) is 11.4. The number of hydrogen-bond donors (Lipinski definition) is 0. The summed E-state index contributed by atoms with van der Waals surface area (Å²) in [6.45, 7) is 0.548. The molecule has 1 saturated heterocycles. The van der Waals surface area contributed by atoms with Gasteiger partial charge in [0, 0.05) is 32.3 Å². The number of likely N-dealkylation sites (tertiary alicyclic amines) is 1. The molecule has 0 spiro atoms. The van der Waals surface area contributed by atoms with Gasteiger partial charge in [-0.25, -0.2) is 0 Å². The zero-order valence-electron chi connectivity index (χ0n) is 12.9. The van der Waals surface area contributed by atoms with Crippen LogP contribution in [-0.2, 0) is 9.53 Å². The third kappa shape index (κ3) is 2.62. The smallest absolute Gasteiger partial charge is 0.270 e. The first kappa shape index (κ1) is 16.1. The minimum absolute atomic E-state index is 0.0428. The number of nitro benzene ring substituents is 1. The molecule has 1 unspecified atom stereocenters. The van der Waals surface area contributed by atoms with E-state index in [1.165, 1.54) is 12.1 Å². The van der Waals surface area contributed by atoms with Crippen LogP contribution in [0.2, 0.25) is 0 Å². The molecule has 1 fully saturated rings. The van der Waals surface area contributed by atoms with Crippen molar-refractivity contribution in [2.24, 2.45) is 0 Å². The molecule has 0 aromatic heterocycles. The third-order valence-electron chi connectivity index (χ3n) is 4.29. The van der Waals surface area contributed by atoms with Crippen molar-refractivity contribution in [3.63, 3.8) is 0 Å². The summed E-state index contributed by atoms with van der Waals surface area (Å²) in [5.41, 5.74) is -0.238. The van der Waals surface area contributed by atoms with Crippen LogP contribution in [0.15, 0.2) is 18.2 Å². The fourth-order valence-electron chi connectivity index (χ4n) is 2.92. The summed E-state index contributed by atoms with van der Waals surface area (Å²) in [6.07, 6.45) is 0.662. The molecule has 0 aliphatic carbocycles. The molecular weight excluding hydrogens is 318 g/mol. The Morgan fingerprint density at radius 2 is 2.04 bits per heavy atom. The second-order valence-corrected chi connectivity index (χ2v) is 5.67. The Bertz CT molecular complexity index is 747. The van der Waals surface area contributed by atoms with Crippen molar-refractivity contribution in [1.29, 1.82) is 0 Å². The number of ether oxygens (including phenoxy) is 1. The quantitative estimate of drug-likeness (QED) is 0.449. The standard InChI is InChI=1S/C15H15N3O6/c1-24-10-4-5-16(7-10)13(19)8-17-14(20)11-3-2-9(18(22)23)6-12(11)15(17)21/h2-3,6,10H,4-5,7-8H2,1H3. The van der Waals surface area contributed by atoms with Crippen LogP contribution < -0.4 is 0 Å². The highest BCUT2D eigenvalue weighted by atomic mass is 16.6. The fraction of sp³-hybridized carbons (Fsp3) is 0.400. The Labute approximate surface area is 136 Å². The molecule has 1 atom stereocenters. The van der Waals surface area contributed by atoms with E-state index in [2.05, 4.69) is 0 Å². The van der Waals surface area contributed by atoms with E-state index in [4.69, 9.17) is 4.74 Å². The fourth-order valence-corrected chi connectivity index (χ4v) is 2.92. The summed E-state index contributed by atoms with van der Waals surface area (Å²) in [5, 5.41) is 10.8. The summed E-state index contributed by atoms with van der Waals surface area (Å²) >= 11 is 0. The molecular formula is C15H15N3O6. The van der Waals surface area contributed by atoms with Gasteiger partial charge in [0.05, 0.1) is 22.2 Å². The Hall–Kier alpha value is -2.81. The summed E-state index contributed by atoms with van der Waals surface area (Å²) in [5.74, 6) is -1.64. The van der Waals surface area contributed by atoms with Crippen LogP contribution in [0.3, 0.4) is 0 Å². The van der Waals surface area contributed by atoms with Crippen molar-refractivity contribution < 1.29 is 24.0 Å². The van der Waals surface area contributed by atoms with Crippen molar-refractivity contribution in [2.45, 2.75) is 12.5 Å². The van der Waals surface area contributed by atoms with Gasteiger partial charge in [-0.15, -0.1) is 0 Å². The molecule has 3 amide bonds. The monoisotopic (exact) mass is 333 g/mol. The van der Waals surface area contributed by atoms with Crippen LogP contribution in [0.1, 0.15) is 27.1 Å². The van der Waals surface area contributed by atoms with Crippen LogP contribution >= 0.6 is 0 Å². The van der Waals surface area contributed by atoms with Gasteiger partial charge in [-0.2, -0.15) is 0 Å². The average Bonchev–Trinajstić information content (AvgIpc) is 3.14. The van der Waals surface area contributed by atoms with Crippen LogP contribution in [-0.4, -0.2) is 65.3 Å². The van der Waals surface area contributed by atoms with E-state index in [0.29, 0.717) is 19.5 Å². The molecule has 1 aromatic rings. The van der Waals surface area contributed by atoms with Gasteiger partial charge < -0.3 is 9.64 Å². The predicted octanol–water partition coefficient (Wildman–Crippen LogP) is 0.438. The van der Waals surface area contributed by atoms with Crippen LogP contribution in [0.25, 0.3) is 0 Å². The summed E-state index contributed by atoms with van der Waals surface area (Å²) in [4.78, 5) is 49.5. The molecule has 0 radical (unpaired) electrons. The van der Waals surface area contributed by atoms with E-state index in [-0.39, 0.29) is 35.4 Å². The molecule has 2 heterocycles. The van der Waals surface area contributed by atoms with E-state index in [9.17, 15) is 24.5 Å². The summed E-state index contributed by atoms with van der Waals surface area (Å²) < 4.78 is 5.18. The van der Waals surface area contributed by atoms with Gasteiger partial charge in [-0.05, 0) is 12.5 Å². The number of imide groups is 1. The Morgan fingerprint density at radius 1 is 1.33 bits per heavy atom. The van der Waals surface area contributed by atoms with Crippen LogP contribution in [0.5, 0.6) is 0 Å². The largest absolute Gasteiger partial charge is 0.380 e. The highest BCUT2D eigenvalue weighted by Gasteiger charge is 2.39. The molecule has 126 valence electrons. The number of benzene rings is 1. The highest BCUT2D eigenvalue weighted by molar-refractivity contribution is 6.22. The van der Waals surface area contributed by atoms with Crippen LogP contribution in [0.4, 0.5) is 5.69 Å². The minimum atomic E-state index is -0.686. The number of non-ortho nitro benzene ring substituents is 1. The molecule has 2 aliphatic heterocycles. The highest BCUT2D eigenvalue weighted by Crippen LogP contribution is 2.27. The lowest BCUT2D eigenvalue weighted by atomic mass is 10.1. The normalized spacial score (nSPS) is 19.8. The van der Waals surface area contributed by atoms with Crippen molar-refractivity contribution in [1.82, 2.24) is 9.80 Å². The second kappa shape index (κ2) is 6.00. The molecule has 0 saturated carbocycles. The Balaban J connectivity index is 1.76. The number of amides is 3. The van der Waals surface area contributed by atoms with Gasteiger partial charge in [-0.1, -0.05) is 0 Å². The molecule has 0 bridgehead atoms. The molecule has 3 rings (SSSR count). The number of carbonyl (C=O) groups is 3. The number of hydrogen-bond acceptors (Lipinski definition) is 6. The molecule has 2 aliphatic rings. The zero-order valence-corrected chi connectivity index (χ0v) is 12.9. The van der Waals surface area contributed by atoms with E-state index in [0.717, 1.165) is 11.0 Å². The van der Waals surface area contributed by atoms with Crippen molar-refractivity contribution in [3.05, 3.63) is 39.4 Å². The van der Waals surface area contributed by atoms with E-state index < -0.39 is 16.7 Å². The van der Waals surface area contributed by atoms with E-state index in [1.54, 1.807) is 12.0 Å². The lowest BCUT2D eigenvalue weighted by Gasteiger charge is -2.20. The zero-order chi connectivity index (χ0) is 17.4. The number of nitrogens with zero attached hydrogens (tertiary/aromatic N) is 3. The van der Waals surface area contributed by atoms with Gasteiger partial charge in [0.1, 0.15) is 6.54 Å². The summed E-state index contributed by atoms with van der Waals surface area (Å²) in [6, 6.07) is 3.48. The minimum Gasteiger partial charge on any atom is -0.380 e. The SMILES string of the molecule is COC1CCN(C(=O)CN2C(=O)c3ccc([N+](=O)[O-])cc3C2=O)C1.